The first-order chi connectivity index (χ1) is 10.3. The molecule has 0 aliphatic rings. The fourth-order valence-corrected chi connectivity index (χ4v) is 1.86. The lowest BCUT2D eigenvalue weighted by Crippen LogP contribution is -2.44. The van der Waals surface area contributed by atoms with Gasteiger partial charge in [0.1, 0.15) is 12.4 Å². The minimum atomic E-state index is -1.12. The molecular weight excluding hydrogens is 291 g/mol. The molecule has 120 valence electrons. The molecule has 0 unspecified atom stereocenters. The number of carboxylic acids is 1. The molecule has 0 heterocycles. The second-order valence-electron chi connectivity index (χ2n) is 5.25. The van der Waals surface area contributed by atoms with Crippen molar-refractivity contribution < 1.29 is 23.9 Å². The van der Waals surface area contributed by atoms with Gasteiger partial charge in [0.15, 0.2) is 0 Å². The number of benzene rings is 1. The molecule has 0 atom stereocenters. The maximum atomic E-state index is 13.0. The summed E-state index contributed by atoms with van der Waals surface area (Å²) in [7, 11) is 0. The van der Waals surface area contributed by atoms with Gasteiger partial charge in [-0.05, 0) is 24.1 Å². The van der Waals surface area contributed by atoms with Gasteiger partial charge in [-0.15, -0.1) is 0 Å². The zero-order chi connectivity index (χ0) is 16.7. The number of carbonyl (C=O) groups excluding carboxylic acids is 2. The van der Waals surface area contributed by atoms with E-state index in [9.17, 15) is 18.8 Å². The topological polar surface area (TPSA) is 86.7 Å². The predicted octanol–water partition coefficient (Wildman–Crippen LogP) is 1.12. The van der Waals surface area contributed by atoms with Gasteiger partial charge in [0, 0.05) is 12.1 Å². The molecule has 6 nitrogen and oxygen atoms in total. The zero-order valence-electron chi connectivity index (χ0n) is 12.5. The van der Waals surface area contributed by atoms with Crippen LogP contribution in [0, 0.1) is 11.7 Å². The van der Waals surface area contributed by atoms with Crippen LogP contribution in [0.3, 0.4) is 0 Å². The lowest BCUT2D eigenvalue weighted by Gasteiger charge is -2.22. The van der Waals surface area contributed by atoms with Gasteiger partial charge < -0.3 is 15.3 Å². The van der Waals surface area contributed by atoms with Gasteiger partial charge in [0.05, 0.1) is 6.54 Å². The lowest BCUT2D eigenvalue weighted by molar-refractivity contribution is -0.144. The summed E-state index contributed by atoms with van der Waals surface area (Å²) in [4.78, 5) is 35.7. The Hall–Kier alpha value is -2.44. The van der Waals surface area contributed by atoms with Crippen molar-refractivity contribution in [2.24, 2.45) is 5.92 Å². The highest BCUT2D eigenvalue weighted by molar-refractivity contribution is 5.96. The predicted molar refractivity (Wildman–Crippen MR) is 77.8 cm³/mol. The summed E-state index contributed by atoms with van der Waals surface area (Å²) in [5.74, 6) is -2.66. The number of carboxylic acid groups (broad SMARTS) is 1. The van der Waals surface area contributed by atoms with E-state index < -0.39 is 30.1 Å². The van der Waals surface area contributed by atoms with Crippen LogP contribution in [0.15, 0.2) is 24.3 Å². The number of nitrogens with one attached hydrogen (secondary N) is 1. The van der Waals surface area contributed by atoms with Crippen LogP contribution >= 0.6 is 0 Å². The largest absolute Gasteiger partial charge is 0.480 e. The number of hydrogen-bond donors (Lipinski definition) is 2. The van der Waals surface area contributed by atoms with Crippen molar-refractivity contribution in [2.75, 3.05) is 19.6 Å². The molecule has 0 fully saturated rings. The van der Waals surface area contributed by atoms with Crippen molar-refractivity contribution in [3.8, 4) is 0 Å². The normalized spacial score (nSPS) is 10.4. The molecular formula is C15H19FN2O4. The first kappa shape index (κ1) is 17.6. The van der Waals surface area contributed by atoms with E-state index in [1.165, 1.54) is 23.1 Å². The van der Waals surface area contributed by atoms with Gasteiger partial charge in [0.2, 0.25) is 5.91 Å². The van der Waals surface area contributed by atoms with E-state index in [0.29, 0.717) is 0 Å². The van der Waals surface area contributed by atoms with Gasteiger partial charge in [-0.25, -0.2) is 4.39 Å². The summed E-state index contributed by atoms with van der Waals surface area (Å²) in [5, 5.41) is 11.2. The fraction of sp³-hybridized carbons (Fsp3) is 0.400. The van der Waals surface area contributed by atoms with Crippen molar-refractivity contribution in [3.05, 3.63) is 35.6 Å². The van der Waals surface area contributed by atoms with Gasteiger partial charge in [0.25, 0.3) is 5.91 Å². The van der Waals surface area contributed by atoms with Crippen molar-refractivity contribution in [1.82, 2.24) is 10.2 Å². The van der Waals surface area contributed by atoms with Gasteiger partial charge >= 0.3 is 5.97 Å². The number of amides is 2. The Balaban J connectivity index is 2.62. The van der Waals surface area contributed by atoms with E-state index in [2.05, 4.69) is 5.32 Å². The molecule has 0 saturated heterocycles. The number of hydrogen-bond acceptors (Lipinski definition) is 3. The Morgan fingerprint density at radius 3 is 2.55 bits per heavy atom. The summed E-state index contributed by atoms with van der Waals surface area (Å²) in [6.07, 6.45) is 0. The van der Waals surface area contributed by atoms with Crippen LogP contribution in [0.25, 0.3) is 0 Å². The van der Waals surface area contributed by atoms with Gasteiger partial charge in [-0.3, -0.25) is 14.4 Å². The fourth-order valence-electron chi connectivity index (χ4n) is 1.86. The third kappa shape index (κ3) is 5.90. The molecule has 7 heteroatoms. The maximum absolute atomic E-state index is 13.0. The first-order valence-corrected chi connectivity index (χ1v) is 6.83. The van der Waals surface area contributed by atoms with Crippen LogP contribution in [-0.2, 0) is 9.59 Å². The van der Waals surface area contributed by atoms with Crippen molar-refractivity contribution in [1.29, 1.82) is 0 Å². The molecule has 1 aromatic rings. The molecule has 0 spiro atoms. The van der Waals surface area contributed by atoms with Gasteiger partial charge in [-0.1, -0.05) is 19.9 Å². The maximum Gasteiger partial charge on any atom is 0.323 e. The molecule has 2 N–H and O–H groups in total. The molecule has 0 aliphatic carbocycles. The lowest BCUT2D eigenvalue weighted by atomic mass is 10.2. The van der Waals surface area contributed by atoms with Crippen LogP contribution in [-0.4, -0.2) is 47.4 Å². The highest BCUT2D eigenvalue weighted by Crippen LogP contribution is 2.03. The molecule has 0 radical (unpaired) electrons. The Morgan fingerprint density at radius 1 is 1.32 bits per heavy atom. The minimum Gasteiger partial charge on any atom is -0.480 e. The van der Waals surface area contributed by atoms with E-state index in [1.807, 2.05) is 13.8 Å². The molecule has 22 heavy (non-hydrogen) atoms. The van der Waals surface area contributed by atoms with Crippen molar-refractivity contribution >= 4 is 17.8 Å². The average Bonchev–Trinajstić information content (AvgIpc) is 2.42. The summed E-state index contributed by atoms with van der Waals surface area (Å²) in [6.45, 7) is 3.23. The van der Waals surface area contributed by atoms with Crippen LogP contribution in [0.4, 0.5) is 4.39 Å². The smallest absolute Gasteiger partial charge is 0.323 e. The number of carbonyl (C=O) groups is 3. The van der Waals surface area contributed by atoms with E-state index in [1.54, 1.807) is 0 Å². The summed E-state index contributed by atoms with van der Waals surface area (Å²) < 4.78 is 13.0. The Labute approximate surface area is 127 Å². The zero-order valence-corrected chi connectivity index (χ0v) is 12.5. The summed E-state index contributed by atoms with van der Waals surface area (Å²) in [6, 6.07) is 5.08. The highest BCUT2D eigenvalue weighted by atomic mass is 19.1. The monoisotopic (exact) mass is 310 g/mol. The van der Waals surface area contributed by atoms with Crippen LogP contribution in [0.2, 0.25) is 0 Å². The van der Waals surface area contributed by atoms with E-state index in [4.69, 9.17) is 5.11 Å². The minimum absolute atomic E-state index is 0.0986. The molecule has 0 bridgehead atoms. The Bertz CT molecular complexity index is 560. The quantitative estimate of drug-likeness (QED) is 0.790. The molecule has 2 amide bonds. The molecule has 0 aromatic heterocycles. The number of nitrogens with zero attached hydrogens (tertiary/aromatic N) is 1. The molecule has 1 rings (SSSR count). The first-order valence-electron chi connectivity index (χ1n) is 6.83. The summed E-state index contributed by atoms with van der Waals surface area (Å²) >= 11 is 0. The van der Waals surface area contributed by atoms with Gasteiger partial charge in [-0.2, -0.15) is 0 Å². The van der Waals surface area contributed by atoms with Crippen LogP contribution in [0.1, 0.15) is 24.2 Å². The van der Waals surface area contributed by atoms with Crippen LogP contribution in [0.5, 0.6) is 0 Å². The van der Waals surface area contributed by atoms with E-state index in [-0.39, 0.29) is 24.6 Å². The molecule has 1 aromatic carbocycles. The highest BCUT2D eigenvalue weighted by Gasteiger charge is 2.18. The number of halogens is 1. The Kier molecular flexibility index (Phi) is 6.49. The molecule has 0 aliphatic heterocycles. The summed E-state index contributed by atoms with van der Waals surface area (Å²) in [5.41, 5.74) is 0.0986. The second kappa shape index (κ2) is 8.11. The number of rotatable bonds is 7. The standard InChI is InChI=1S/C15H19FN2O4/c1-10(2)8-18(9-14(20)21)13(19)7-17-15(22)11-4-3-5-12(16)6-11/h3-6,10H,7-9H2,1-2H3,(H,17,22)(H,20,21). The van der Waals surface area contributed by atoms with E-state index in [0.717, 1.165) is 6.07 Å². The van der Waals surface area contributed by atoms with E-state index >= 15 is 0 Å². The number of aliphatic carboxylic acids is 1. The van der Waals surface area contributed by atoms with Crippen LogP contribution < -0.4 is 5.32 Å². The molecule has 0 saturated carbocycles. The van der Waals surface area contributed by atoms with Crippen molar-refractivity contribution in [3.63, 3.8) is 0 Å². The second-order valence-corrected chi connectivity index (χ2v) is 5.25. The van der Waals surface area contributed by atoms with Crippen molar-refractivity contribution in [2.45, 2.75) is 13.8 Å². The average molecular weight is 310 g/mol. The third-order valence-corrected chi connectivity index (χ3v) is 2.75. The Morgan fingerprint density at radius 2 is 2.00 bits per heavy atom. The SMILES string of the molecule is CC(C)CN(CC(=O)O)C(=O)CNC(=O)c1cccc(F)c1. The third-order valence-electron chi connectivity index (χ3n) is 2.75.